The summed E-state index contributed by atoms with van der Waals surface area (Å²) in [5, 5.41) is 2.52. The van der Waals surface area contributed by atoms with Crippen LogP contribution in [0.25, 0.3) is 55.3 Å². The number of para-hydroxylation sites is 2. The lowest BCUT2D eigenvalue weighted by Crippen LogP contribution is -2.16. The maximum absolute atomic E-state index is 4.48. The molecular formula is C51H41N3. The van der Waals surface area contributed by atoms with E-state index in [2.05, 4.69) is 199 Å². The summed E-state index contributed by atoms with van der Waals surface area (Å²) in [6, 6.07) is 60.3. The van der Waals surface area contributed by atoms with E-state index >= 15 is 0 Å². The maximum Gasteiger partial charge on any atom is 0.0541 e. The molecule has 2 aliphatic rings. The molecule has 2 heterocycles. The van der Waals surface area contributed by atoms with Crippen molar-refractivity contribution in [3.8, 4) is 27.9 Å². The molecule has 260 valence electrons. The first-order chi connectivity index (χ1) is 26.5. The first kappa shape index (κ1) is 32.2. The van der Waals surface area contributed by atoms with E-state index in [1.54, 1.807) is 0 Å². The van der Waals surface area contributed by atoms with E-state index < -0.39 is 0 Å². The van der Waals surface area contributed by atoms with Gasteiger partial charge in [0.05, 0.1) is 11.0 Å². The molecule has 3 heteroatoms. The highest BCUT2D eigenvalue weighted by Crippen LogP contribution is 2.50. The van der Waals surface area contributed by atoms with Crippen molar-refractivity contribution in [3.05, 3.63) is 187 Å². The summed E-state index contributed by atoms with van der Waals surface area (Å²) in [5.41, 5.74) is 17.2. The molecule has 1 atom stereocenters. The standard InChI is InChI=1S/C51H41N3/c1-34-29-30-52-33-46(34)36-19-24-40(25-20-36)53(41-26-27-43-42-13-7-9-15-47(42)51(2,3)48(43)32-41)39-22-17-35(18-23-39)37-21-28-50-45(31-37)44-14-8-10-16-49(44)54(50)38-11-5-4-6-12-38/h4-28,30-34H,29H2,1-3H3. The molecule has 1 aliphatic heterocycles. The Morgan fingerprint density at radius 3 is 1.96 bits per heavy atom. The fraction of sp³-hybridized carbons (Fsp3) is 0.118. The van der Waals surface area contributed by atoms with E-state index in [0.29, 0.717) is 5.92 Å². The summed E-state index contributed by atoms with van der Waals surface area (Å²) >= 11 is 0. The summed E-state index contributed by atoms with van der Waals surface area (Å²) < 4.78 is 2.37. The molecular weight excluding hydrogens is 655 g/mol. The number of hydrogen-bond donors (Lipinski definition) is 0. The Hall–Kier alpha value is -6.45. The van der Waals surface area contributed by atoms with Gasteiger partial charge in [-0.15, -0.1) is 0 Å². The number of allylic oxidation sites excluding steroid dienone is 1. The number of aromatic nitrogens is 1. The van der Waals surface area contributed by atoms with E-state index in [-0.39, 0.29) is 5.41 Å². The highest BCUT2D eigenvalue weighted by atomic mass is 15.1. The van der Waals surface area contributed by atoms with Crippen LogP contribution in [0.3, 0.4) is 0 Å². The van der Waals surface area contributed by atoms with Crippen molar-refractivity contribution in [3.63, 3.8) is 0 Å². The van der Waals surface area contributed by atoms with Crippen LogP contribution in [0.2, 0.25) is 0 Å². The van der Waals surface area contributed by atoms with Gasteiger partial charge in [-0.3, -0.25) is 4.99 Å². The summed E-state index contributed by atoms with van der Waals surface area (Å²) in [4.78, 5) is 6.89. The van der Waals surface area contributed by atoms with Crippen molar-refractivity contribution in [1.29, 1.82) is 0 Å². The number of anilines is 3. The predicted octanol–water partition coefficient (Wildman–Crippen LogP) is 13.7. The van der Waals surface area contributed by atoms with Gasteiger partial charge >= 0.3 is 0 Å². The van der Waals surface area contributed by atoms with E-state index in [9.17, 15) is 0 Å². The first-order valence-electron chi connectivity index (χ1n) is 19.0. The Morgan fingerprint density at radius 2 is 1.19 bits per heavy atom. The molecule has 0 amide bonds. The molecule has 0 fully saturated rings. The van der Waals surface area contributed by atoms with Crippen molar-refractivity contribution in [2.75, 3.05) is 4.90 Å². The minimum absolute atomic E-state index is 0.0896. The first-order valence-corrected chi connectivity index (χ1v) is 19.0. The Morgan fingerprint density at radius 1 is 0.556 bits per heavy atom. The third kappa shape index (κ3) is 5.15. The average Bonchev–Trinajstić information content (AvgIpc) is 3.67. The molecule has 10 rings (SSSR count). The quantitative estimate of drug-likeness (QED) is 0.170. The van der Waals surface area contributed by atoms with Gasteiger partial charge in [0.1, 0.15) is 0 Å². The Bertz CT molecular complexity index is 2760. The van der Waals surface area contributed by atoms with Crippen LogP contribution >= 0.6 is 0 Å². The molecule has 0 radical (unpaired) electrons. The van der Waals surface area contributed by atoms with Gasteiger partial charge in [-0.05, 0) is 124 Å². The van der Waals surface area contributed by atoms with E-state index in [1.165, 1.54) is 72.0 Å². The van der Waals surface area contributed by atoms with Crippen LogP contribution in [-0.2, 0) is 5.41 Å². The molecule has 0 spiro atoms. The zero-order valence-corrected chi connectivity index (χ0v) is 30.9. The molecule has 0 N–H and O–H groups in total. The van der Waals surface area contributed by atoms with Gasteiger partial charge in [-0.2, -0.15) is 0 Å². The summed E-state index contributed by atoms with van der Waals surface area (Å²) in [6.07, 6.45) is 5.01. The molecule has 1 unspecified atom stereocenters. The summed E-state index contributed by atoms with van der Waals surface area (Å²) in [6.45, 7) is 6.98. The smallest absolute Gasteiger partial charge is 0.0541 e. The zero-order valence-electron chi connectivity index (χ0n) is 30.9. The van der Waals surface area contributed by atoms with Crippen molar-refractivity contribution in [2.24, 2.45) is 10.9 Å². The lowest BCUT2D eigenvalue weighted by atomic mass is 9.82. The van der Waals surface area contributed by atoms with Crippen LogP contribution < -0.4 is 4.90 Å². The van der Waals surface area contributed by atoms with Crippen molar-refractivity contribution in [2.45, 2.75) is 32.6 Å². The number of fused-ring (bicyclic) bond motifs is 6. The molecule has 1 aliphatic carbocycles. The van der Waals surface area contributed by atoms with Gasteiger partial charge in [0.25, 0.3) is 0 Å². The second-order valence-electron chi connectivity index (χ2n) is 15.3. The number of aliphatic imine (C=N–C) groups is 1. The number of nitrogens with zero attached hydrogens (tertiary/aromatic N) is 3. The van der Waals surface area contributed by atoms with Crippen LogP contribution in [0.4, 0.5) is 17.1 Å². The van der Waals surface area contributed by atoms with Gasteiger partial charge in [-0.25, -0.2) is 0 Å². The van der Waals surface area contributed by atoms with Gasteiger partial charge in [0, 0.05) is 51.4 Å². The van der Waals surface area contributed by atoms with Crippen molar-refractivity contribution < 1.29 is 0 Å². The summed E-state index contributed by atoms with van der Waals surface area (Å²) in [5.74, 6) is 0.451. The summed E-state index contributed by atoms with van der Waals surface area (Å²) in [7, 11) is 0. The minimum atomic E-state index is -0.0896. The van der Waals surface area contributed by atoms with Crippen LogP contribution in [0.5, 0.6) is 0 Å². The Labute approximate surface area is 317 Å². The Kier molecular flexibility index (Phi) is 7.52. The maximum atomic E-state index is 4.48. The average molecular weight is 696 g/mol. The molecule has 3 nitrogen and oxygen atoms in total. The predicted molar refractivity (Wildman–Crippen MR) is 229 cm³/mol. The van der Waals surface area contributed by atoms with Gasteiger partial charge < -0.3 is 9.47 Å². The van der Waals surface area contributed by atoms with Gasteiger partial charge in [0.15, 0.2) is 0 Å². The SMILES string of the molecule is CC1CC=NC=C1c1ccc(N(c2ccc(-c3ccc4c(c3)c3ccccc3n4-c3ccccc3)cc2)c2ccc3c(c2)C(C)(C)c2ccccc2-3)cc1. The normalized spacial score (nSPS) is 15.6. The molecule has 8 aromatic rings. The number of hydrogen-bond acceptors (Lipinski definition) is 2. The highest BCUT2D eigenvalue weighted by Gasteiger charge is 2.35. The third-order valence-electron chi connectivity index (χ3n) is 11.7. The highest BCUT2D eigenvalue weighted by molar-refractivity contribution is 6.10. The minimum Gasteiger partial charge on any atom is -0.310 e. The second-order valence-corrected chi connectivity index (χ2v) is 15.3. The molecule has 0 bridgehead atoms. The molecule has 54 heavy (non-hydrogen) atoms. The fourth-order valence-corrected chi connectivity index (χ4v) is 8.86. The van der Waals surface area contributed by atoms with Gasteiger partial charge in [0.2, 0.25) is 0 Å². The van der Waals surface area contributed by atoms with Crippen molar-refractivity contribution >= 4 is 50.7 Å². The lowest BCUT2D eigenvalue weighted by molar-refractivity contribution is 0.660. The molecule has 1 aromatic heterocycles. The largest absolute Gasteiger partial charge is 0.310 e. The number of benzene rings is 7. The third-order valence-corrected chi connectivity index (χ3v) is 11.7. The van der Waals surface area contributed by atoms with Crippen molar-refractivity contribution in [1.82, 2.24) is 4.57 Å². The van der Waals surface area contributed by atoms with Crippen LogP contribution in [0.1, 0.15) is 43.9 Å². The zero-order chi connectivity index (χ0) is 36.4. The van der Waals surface area contributed by atoms with Crippen LogP contribution in [0.15, 0.2) is 175 Å². The van der Waals surface area contributed by atoms with E-state index in [1.807, 2.05) is 12.4 Å². The van der Waals surface area contributed by atoms with Crippen LogP contribution in [0, 0.1) is 5.92 Å². The van der Waals surface area contributed by atoms with Gasteiger partial charge in [-0.1, -0.05) is 118 Å². The lowest BCUT2D eigenvalue weighted by Gasteiger charge is -2.28. The molecule has 0 saturated carbocycles. The van der Waals surface area contributed by atoms with E-state index in [0.717, 1.165) is 23.5 Å². The fourth-order valence-electron chi connectivity index (χ4n) is 8.86. The number of rotatable bonds is 6. The molecule has 7 aromatic carbocycles. The Balaban J connectivity index is 1.07. The van der Waals surface area contributed by atoms with E-state index in [4.69, 9.17) is 0 Å². The molecule has 0 saturated heterocycles. The topological polar surface area (TPSA) is 20.5 Å². The van der Waals surface area contributed by atoms with Crippen LogP contribution in [-0.4, -0.2) is 10.8 Å². The monoisotopic (exact) mass is 695 g/mol. The second kappa shape index (κ2) is 12.6.